The highest BCUT2D eigenvalue weighted by Gasteiger charge is 2.04. The molecule has 0 atom stereocenters. The number of anilines is 1. The normalized spacial score (nSPS) is 10.3. The molecule has 0 aliphatic carbocycles. The van der Waals surface area contributed by atoms with Crippen LogP contribution in [-0.4, -0.2) is 12.2 Å². The second kappa shape index (κ2) is 5.85. The summed E-state index contributed by atoms with van der Waals surface area (Å²) in [6, 6.07) is 11.0. The van der Waals surface area contributed by atoms with Crippen molar-refractivity contribution >= 4 is 17.3 Å². The van der Waals surface area contributed by atoms with Crippen LogP contribution in [0.25, 0.3) is 0 Å². The first-order valence-electron chi connectivity index (χ1n) is 5.96. The molecule has 0 aliphatic heterocycles. The minimum Gasteiger partial charge on any atom is -0.508 e. The first-order valence-corrected chi connectivity index (χ1v) is 6.34. The van der Waals surface area contributed by atoms with Gasteiger partial charge in [-0.3, -0.25) is 0 Å². The third kappa shape index (κ3) is 3.32. The second-order valence-corrected chi connectivity index (χ2v) is 4.74. The molecular weight excluding hydrogens is 262 g/mol. The van der Waals surface area contributed by atoms with Crippen molar-refractivity contribution in [2.24, 2.45) is 0 Å². The predicted octanol–water partition coefficient (Wildman–Crippen LogP) is 3.97. The zero-order valence-corrected chi connectivity index (χ0v) is 11.7. The molecule has 0 fully saturated rings. The van der Waals surface area contributed by atoms with E-state index in [9.17, 15) is 5.11 Å². The maximum absolute atomic E-state index is 9.77. The van der Waals surface area contributed by atoms with Gasteiger partial charge in [0.1, 0.15) is 11.5 Å². The van der Waals surface area contributed by atoms with Crippen molar-refractivity contribution in [2.75, 3.05) is 12.4 Å². The zero-order chi connectivity index (χ0) is 13.8. The Morgan fingerprint density at radius 2 is 2.00 bits per heavy atom. The molecule has 0 aliphatic rings. The summed E-state index contributed by atoms with van der Waals surface area (Å²) < 4.78 is 5.16. The average molecular weight is 278 g/mol. The summed E-state index contributed by atoms with van der Waals surface area (Å²) in [7, 11) is 1.58. The van der Waals surface area contributed by atoms with Crippen LogP contribution < -0.4 is 10.1 Å². The Balaban J connectivity index is 2.12. The first kappa shape index (κ1) is 13.6. The Kier molecular flexibility index (Phi) is 4.17. The van der Waals surface area contributed by atoms with Gasteiger partial charge in [0.2, 0.25) is 0 Å². The second-order valence-electron chi connectivity index (χ2n) is 4.34. The highest BCUT2D eigenvalue weighted by atomic mass is 35.5. The van der Waals surface area contributed by atoms with Crippen molar-refractivity contribution in [2.45, 2.75) is 13.5 Å². The molecule has 0 heterocycles. The van der Waals surface area contributed by atoms with E-state index in [1.165, 1.54) is 0 Å². The SMILES string of the molecule is COc1cc(NCc2cc(C)ccc2O)ccc1Cl. The van der Waals surface area contributed by atoms with Gasteiger partial charge in [-0.1, -0.05) is 29.3 Å². The zero-order valence-electron chi connectivity index (χ0n) is 10.9. The van der Waals surface area contributed by atoms with Gasteiger partial charge in [0.15, 0.2) is 0 Å². The Bertz CT molecular complexity index is 584. The van der Waals surface area contributed by atoms with Crippen molar-refractivity contribution in [3.05, 3.63) is 52.5 Å². The van der Waals surface area contributed by atoms with E-state index >= 15 is 0 Å². The number of hydrogen-bond donors (Lipinski definition) is 2. The third-order valence-electron chi connectivity index (χ3n) is 2.87. The fourth-order valence-corrected chi connectivity index (χ4v) is 2.02. The smallest absolute Gasteiger partial charge is 0.139 e. The summed E-state index contributed by atoms with van der Waals surface area (Å²) >= 11 is 5.97. The average Bonchev–Trinajstić information content (AvgIpc) is 2.41. The Labute approximate surface area is 117 Å². The molecule has 0 amide bonds. The molecule has 0 saturated carbocycles. The summed E-state index contributed by atoms with van der Waals surface area (Å²) in [6.07, 6.45) is 0. The largest absolute Gasteiger partial charge is 0.508 e. The van der Waals surface area contributed by atoms with Gasteiger partial charge in [-0.05, 0) is 25.1 Å². The molecular formula is C15H16ClNO2. The molecule has 2 N–H and O–H groups in total. The van der Waals surface area contributed by atoms with E-state index in [-0.39, 0.29) is 0 Å². The number of methoxy groups -OCH3 is 1. The van der Waals surface area contributed by atoms with Crippen LogP contribution in [0.4, 0.5) is 5.69 Å². The molecule has 2 aromatic rings. The lowest BCUT2D eigenvalue weighted by molar-refractivity contribution is 0.415. The van der Waals surface area contributed by atoms with Gasteiger partial charge < -0.3 is 15.2 Å². The van der Waals surface area contributed by atoms with Crippen molar-refractivity contribution in [1.29, 1.82) is 0 Å². The molecule has 2 rings (SSSR count). The fourth-order valence-electron chi connectivity index (χ4n) is 1.82. The molecule has 0 radical (unpaired) electrons. The van der Waals surface area contributed by atoms with Gasteiger partial charge in [0, 0.05) is 23.9 Å². The molecule has 0 unspecified atom stereocenters. The Morgan fingerprint density at radius 1 is 1.21 bits per heavy atom. The van der Waals surface area contributed by atoms with Crippen LogP contribution in [0.2, 0.25) is 5.02 Å². The van der Waals surface area contributed by atoms with E-state index in [4.69, 9.17) is 16.3 Å². The van der Waals surface area contributed by atoms with Crippen molar-refractivity contribution in [3.63, 3.8) is 0 Å². The molecule has 3 nitrogen and oxygen atoms in total. The minimum absolute atomic E-state index is 0.291. The molecule has 0 spiro atoms. The summed E-state index contributed by atoms with van der Waals surface area (Å²) in [5.74, 6) is 0.916. The monoisotopic (exact) mass is 277 g/mol. The minimum atomic E-state index is 0.291. The maximum Gasteiger partial charge on any atom is 0.139 e. The van der Waals surface area contributed by atoms with Gasteiger partial charge in [0.05, 0.1) is 12.1 Å². The summed E-state index contributed by atoms with van der Waals surface area (Å²) in [4.78, 5) is 0. The number of phenols is 1. The molecule has 19 heavy (non-hydrogen) atoms. The Morgan fingerprint density at radius 3 is 2.74 bits per heavy atom. The standard InChI is InChI=1S/C15H16ClNO2/c1-10-3-6-14(18)11(7-10)9-17-12-4-5-13(16)15(8-12)19-2/h3-8,17-18H,9H2,1-2H3. The number of benzene rings is 2. The van der Waals surface area contributed by atoms with Crippen molar-refractivity contribution < 1.29 is 9.84 Å². The van der Waals surface area contributed by atoms with E-state index in [0.717, 1.165) is 16.8 Å². The molecule has 0 bridgehead atoms. The summed E-state index contributed by atoms with van der Waals surface area (Å²) in [5, 5.41) is 13.6. The van der Waals surface area contributed by atoms with E-state index < -0.39 is 0 Å². The molecule has 0 aromatic heterocycles. The molecule has 4 heteroatoms. The number of halogens is 1. The number of nitrogens with one attached hydrogen (secondary N) is 1. The highest BCUT2D eigenvalue weighted by Crippen LogP contribution is 2.28. The van der Waals surface area contributed by atoms with Crippen LogP contribution in [0.3, 0.4) is 0 Å². The van der Waals surface area contributed by atoms with Crippen molar-refractivity contribution in [3.8, 4) is 11.5 Å². The number of aryl methyl sites for hydroxylation is 1. The third-order valence-corrected chi connectivity index (χ3v) is 3.18. The molecule has 0 saturated heterocycles. The van der Waals surface area contributed by atoms with Crippen LogP contribution in [0, 0.1) is 6.92 Å². The van der Waals surface area contributed by atoms with Crippen LogP contribution in [0.1, 0.15) is 11.1 Å². The topological polar surface area (TPSA) is 41.5 Å². The molecule has 2 aromatic carbocycles. The molecule has 100 valence electrons. The van der Waals surface area contributed by atoms with E-state index in [0.29, 0.717) is 23.1 Å². The number of hydrogen-bond acceptors (Lipinski definition) is 3. The first-order chi connectivity index (χ1) is 9.10. The lowest BCUT2D eigenvalue weighted by atomic mass is 10.1. The van der Waals surface area contributed by atoms with Gasteiger partial charge in [-0.25, -0.2) is 0 Å². The van der Waals surface area contributed by atoms with Crippen LogP contribution in [0.15, 0.2) is 36.4 Å². The van der Waals surface area contributed by atoms with E-state index in [1.54, 1.807) is 19.2 Å². The quantitative estimate of drug-likeness (QED) is 0.888. The summed E-state index contributed by atoms with van der Waals surface area (Å²) in [5.41, 5.74) is 2.86. The predicted molar refractivity (Wildman–Crippen MR) is 78.2 cm³/mol. The fraction of sp³-hybridized carbons (Fsp3) is 0.200. The van der Waals surface area contributed by atoms with Gasteiger partial charge in [0.25, 0.3) is 0 Å². The van der Waals surface area contributed by atoms with E-state index in [2.05, 4.69) is 5.32 Å². The van der Waals surface area contributed by atoms with Crippen LogP contribution in [0.5, 0.6) is 11.5 Å². The lowest BCUT2D eigenvalue weighted by Crippen LogP contribution is -2.00. The number of aromatic hydroxyl groups is 1. The van der Waals surface area contributed by atoms with Gasteiger partial charge in [-0.15, -0.1) is 0 Å². The van der Waals surface area contributed by atoms with Gasteiger partial charge in [-0.2, -0.15) is 0 Å². The van der Waals surface area contributed by atoms with E-state index in [1.807, 2.05) is 31.2 Å². The van der Waals surface area contributed by atoms with Gasteiger partial charge >= 0.3 is 0 Å². The van der Waals surface area contributed by atoms with Crippen LogP contribution >= 0.6 is 11.6 Å². The van der Waals surface area contributed by atoms with Crippen LogP contribution in [-0.2, 0) is 6.54 Å². The lowest BCUT2D eigenvalue weighted by Gasteiger charge is -2.11. The summed E-state index contributed by atoms with van der Waals surface area (Å²) in [6.45, 7) is 2.53. The Hall–Kier alpha value is -1.87. The number of phenolic OH excluding ortho intramolecular Hbond substituents is 1. The number of ether oxygens (including phenoxy) is 1. The van der Waals surface area contributed by atoms with Crippen molar-refractivity contribution in [1.82, 2.24) is 0 Å². The highest BCUT2D eigenvalue weighted by molar-refractivity contribution is 6.32. The number of rotatable bonds is 4. The maximum atomic E-state index is 9.77.